The average Bonchev–Trinajstić information content (AvgIpc) is 2.93. The summed E-state index contributed by atoms with van der Waals surface area (Å²) in [5.41, 5.74) is 6.02. The maximum Gasteiger partial charge on any atom is 0.274 e. The van der Waals surface area contributed by atoms with E-state index in [-0.39, 0.29) is 18.4 Å². The number of aromatic nitrogens is 1. The molecule has 6 nitrogen and oxygen atoms in total. The first-order valence-corrected chi connectivity index (χ1v) is 6.59. The Bertz CT molecular complexity index is 422. The number of hydrogen-bond acceptors (Lipinski definition) is 4. The van der Waals surface area contributed by atoms with Crippen LogP contribution in [0.5, 0.6) is 0 Å². The zero-order valence-electron chi connectivity index (χ0n) is 10.9. The minimum atomic E-state index is -0.383. The molecule has 104 valence electrons. The predicted octanol–water partition coefficient (Wildman–Crippen LogP) is -0.0582. The normalized spacial score (nSPS) is 17.3. The molecule has 19 heavy (non-hydrogen) atoms. The first-order valence-electron chi connectivity index (χ1n) is 6.59. The molecule has 2 heterocycles. The lowest BCUT2D eigenvalue weighted by atomic mass is 9.97. The van der Waals surface area contributed by atoms with E-state index in [1.807, 2.05) is 0 Å². The summed E-state index contributed by atoms with van der Waals surface area (Å²) in [5.74, 6) is -0.0718. The zero-order valence-corrected chi connectivity index (χ0v) is 10.9. The molecule has 0 bridgehead atoms. The summed E-state index contributed by atoms with van der Waals surface area (Å²) in [5, 5.41) is 2.38. The summed E-state index contributed by atoms with van der Waals surface area (Å²) in [6, 6.07) is 3.35. The smallest absolute Gasteiger partial charge is 0.274 e. The van der Waals surface area contributed by atoms with Gasteiger partial charge in [-0.15, -0.1) is 0 Å². The Hall–Kier alpha value is -1.66. The van der Waals surface area contributed by atoms with Crippen molar-refractivity contribution in [3.05, 3.63) is 24.0 Å². The second-order valence-corrected chi connectivity index (χ2v) is 4.92. The van der Waals surface area contributed by atoms with Gasteiger partial charge in [-0.1, -0.05) is 0 Å². The van der Waals surface area contributed by atoms with Crippen molar-refractivity contribution < 1.29 is 9.59 Å². The molecule has 1 saturated heterocycles. The summed E-state index contributed by atoms with van der Waals surface area (Å²) >= 11 is 0. The van der Waals surface area contributed by atoms with E-state index in [2.05, 4.69) is 15.2 Å². The Balaban J connectivity index is 1.74. The van der Waals surface area contributed by atoms with Gasteiger partial charge in [0.2, 0.25) is 5.91 Å². The number of hydrogen-bond donors (Lipinski definition) is 3. The number of carbonyl (C=O) groups excluding carboxylic acids is 2. The number of aromatic amines is 1. The van der Waals surface area contributed by atoms with E-state index in [0.717, 1.165) is 25.9 Å². The number of nitrogens with one attached hydrogen (secondary N) is 2. The highest BCUT2D eigenvalue weighted by atomic mass is 16.2. The van der Waals surface area contributed by atoms with Crippen molar-refractivity contribution in [2.45, 2.75) is 12.8 Å². The molecule has 1 aliphatic heterocycles. The summed E-state index contributed by atoms with van der Waals surface area (Å²) < 4.78 is 0. The quantitative estimate of drug-likeness (QED) is 0.710. The monoisotopic (exact) mass is 264 g/mol. The topological polar surface area (TPSA) is 91.2 Å². The Labute approximate surface area is 112 Å². The van der Waals surface area contributed by atoms with Crippen molar-refractivity contribution in [1.29, 1.82) is 0 Å². The first-order chi connectivity index (χ1) is 9.19. The summed E-state index contributed by atoms with van der Waals surface area (Å²) in [6.45, 7) is 2.72. The molecule has 1 aromatic rings. The van der Waals surface area contributed by atoms with Gasteiger partial charge >= 0.3 is 0 Å². The lowest BCUT2D eigenvalue weighted by molar-refractivity contribution is -0.121. The van der Waals surface area contributed by atoms with Crippen molar-refractivity contribution in [1.82, 2.24) is 15.2 Å². The number of rotatable bonds is 4. The van der Waals surface area contributed by atoms with Crippen LogP contribution in [0, 0.1) is 5.92 Å². The van der Waals surface area contributed by atoms with E-state index >= 15 is 0 Å². The first kappa shape index (κ1) is 13.8. The van der Waals surface area contributed by atoms with Gasteiger partial charge in [-0.3, -0.25) is 19.8 Å². The van der Waals surface area contributed by atoms with Crippen LogP contribution >= 0.6 is 0 Å². The molecule has 2 amide bonds. The standard InChI is InChI=1S/C13H20N4O2/c14-8-10-3-6-17(7-4-10)9-12(18)16-13(19)11-2-1-5-15-11/h1-2,5,10,15H,3-4,6-9,14H2,(H,16,18,19). The number of carbonyl (C=O) groups is 2. The fraction of sp³-hybridized carbons (Fsp3) is 0.538. The third-order valence-electron chi connectivity index (χ3n) is 3.50. The summed E-state index contributed by atoms with van der Waals surface area (Å²) in [6.07, 6.45) is 3.69. The van der Waals surface area contributed by atoms with Crippen LogP contribution in [0.25, 0.3) is 0 Å². The zero-order chi connectivity index (χ0) is 13.7. The number of imide groups is 1. The fourth-order valence-electron chi connectivity index (χ4n) is 2.29. The predicted molar refractivity (Wildman–Crippen MR) is 71.5 cm³/mol. The van der Waals surface area contributed by atoms with Crippen LogP contribution in [-0.4, -0.2) is 47.9 Å². The van der Waals surface area contributed by atoms with Gasteiger partial charge in [0, 0.05) is 6.20 Å². The van der Waals surface area contributed by atoms with Crippen LogP contribution in [0.2, 0.25) is 0 Å². The highest BCUT2D eigenvalue weighted by Gasteiger charge is 2.20. The van der Waals surface area contributed by atoms with Crippen LogP contribution in [0.15, 0.2) is 18.3 Å². The highest BCUT2D eigenvalue weighted by molar-refractivity contribution is 6.04. The van der Waals surface area contributed by atoms with E-state index in [0.29, 0.717) is 18.2 Å². The largest absolute Gasteiger partial charge is 0.357 e. The molecule has 0 aliphatic carbocycles. The van der Waals surface area contributed by atoms with Gasteiger partial charge in [0.25, 0.3) is 5.91 Å². The molecule has 2 rings (SSSR count). The Morgan fingerprint density at radius 1 is 1.42 bits per heavy atom. The van der Waals surface area contributed by atoms with Gasteiger partial charge in [0.05, 0.1) is 6.54 Å². The molecular formula is C13H20N4O2. The maximum absolute atomic E-state index is 11.8. The molecule has 1 aliphatic rings. The van der Waals surface area contributed by atoms with E-state index in [4.69, 9.17) is 5.73 Å². The molecule has 0 spiro atoms. The number of H-pyrrole nitrogens is 1. The molecule has 0 saturated carbocycles. The number of nitrogens with two attached hydrogens (primary N) is 1. The van der Waals surface area contributed by atoms with E-state index < -0.39 is 0 Å². The summed E-state index contributed by atoms with van der Waals surface area (Å²) in [7, 11) is 0. The lowest BCUT2D eigenvalue weighted by Crippen LogP contribution is -2.44. The van der Waals surface area contributed by atoms with E-state index in [1.54, 1.807) is 18.3 Å². The van der Waals surface area contributed by atoms with Gasteiger partial charge in [-0.2, -0.15) is 0 Å². The van der Waals surface area contributed by atoms with Gasteiger partial charge in [0.15, 0.2) is 0 Å². The number of likely N-dealkylation sites (tertiary alicyclic amines) is 1. The lowest BCUT2D eigenvalue weighted by Gasteiger charge is -2.30. The number of nitrogens with zero attached hydrogens (tertiary/aromatic N) is 1. The van der Waals surface area contributed by atoms with E-state index in [1.165, 1.54) is 0 Å². The Morgan fingerprint density at radius 3 is 2.74 bits per heavy atom. The second kappa shape index (κ2) is 6.49. The van der Waals surface area contributed by atoms with Crippen LogP contribution in [0.3, 0.4) is 0 Å². The highest BCUT2D eigenvalue weighted by Crippen LogP contribution is 2.15. The van der Waals surface area contributed by atoms with Gasteiger partial charge in [-0.25, -0.2) is 0 Å². The van der Waals surface area contributed by atoms with Crippen molar-refractivity contribution in [2.24, 2.45) is 11.7 Å². The minimum absolute atomic E-state index is 0.259. The maximum atomic E-state index is 11.8. The molecular weight excluding hydrogens is 244 g/mol. The molecule has 0 unspecified atom stereocenters. The van der Waals surface area contributed by atoms with Gasteiger partial charge < -0.3 is 10.7 Å². The fourth-order valence-corrected chi connectivity index (χ4v) is 2.29. The Kier molecular flexibility index (Phi) is 4.70. The van der Waals surface area contributed by atoms with Crippen molar-refractivity contribution >= 4 is 11.8 Å². The van der Waals surface area contributed by atoms with Crippen molar-refractivity contribution in [2.75, 3.05) is 26.2 Å². The Morgan fingerprint density at radius 2 is 2.16 bits per heavy atom. The molecule has 0 radical (unpaired) electrons. The molecule has 4 N–H and O–H groups in total. The minimum Gasteiger partial charge on any atom is -0.357 e. The van der Waals surface area contributed by atoms with Crippen molar-refractivity contribution in [3.8, 4) is 0 Å². The van der Waals surface area contributed by atoms with Gasteiger partial charge in [0.1, 0.15) is 5.69 Å². The third-order valence-corrected chi connectivity index (χ3v) is 3.50. The van der Waals surface area contributed by atoms with Crippen LogP contribution in [0.4, 0.5) is 0 Å². The molecule has 1 aromatic heterocycles. The molecule has 6 heteroatoms. The molecule has 0 atom stereocenters. The number of piperidine rings is 1. The van der Waals surface area contributed by atoms with Crippen molar-refractivity contribution in [3.63, 3.8) is 0 Å². The van der Waals surface area contributed by atoms with Crippen LogP contribution in [-0.2, 0) is 4.79 Å². The molecule has 1 fully saturated rings. The summed E-state index contributed by atoms with van der Waals surface area (Å²) in [4.78, 5) is 28.2. The van der Waals surface area contributed by atoms with Gasteiger partial charge in [-0.05, 0) is 50.5 Å². The SMILES string of the molecule is NCC1CCN(CC(=O)NC(=O)c2ccc[nH]2)CC1. The average molecular weight is 264 g/mol. The van der Waals surface area contributed by atoms with E-state index in [9.17, 15) is 9.59 Å². The van der Waals surface area contributed by atoms with Crippen LogP contribution in [0.1, 0.15) is 23.3 Å². The number of amides is 2. The second-order valence-electron chi connectivity index (χ2n) is 4.92. The van der Waals surface area contributed by atoms with Crippen LogP contribution < -0.4 is 11.1 Å². The third kappa shape index (κ3) is 3.90. The molecule has 0 aromatic carbocycles.